The van der Waals surface area contributed by atoms with Crippen LogP contribution in [0.3, 0.4) is 0 Å². The highest BCUT2D eigenvalue weighted by Crippen LogP contribution is 2.37. The molecule has 1 aliphatic rings. The van der Waals surface area contributed by atoms with Crippen molar-refractivity contribution >= 4 is 29.2 Å². The van der Waals surface area contributed by atoms with Crippen LogP contribution in [-0.2, 0) is 0 Å². The highest BCUT2D eigenvalue weighted by atomic mass is 35.5. The van der Waals surface area contributed by atoms with Gasteiger partial charge in [0, 0.05) is 13.1 Å². The molecule has 0 saturated carbocycles. The zero-order valence-corrected chi connectivity index (χ0v) is 16.1. The molecule has 1 aromatic carbocycles. The van der Waals surface area contributed by atoms with Crippen molar-refractivity contribution in [3.8, 4) is 5.75 Å². The first-order valence-electron chi connectivity index (χ1n) is 8.09. The minimum Gasteiger partial charge on any atom is -0.495 e. The minimum absolute atomic E-state index is 0.0972. The molecule has 2 rings (SSSR count). The van der Waals surface area contributed by atoms with E-state index in [1.807, 2.05) is 20.0 Å². The molecule has 0 aliphatic carbocycles. The smallest absolute Gasteiger partial charge is 0.317 e. The number of nitrogens with one attached hydrogen (secondary N) is 1. The molecule has 0 aromatic heterocycles. The second-order valence-corrected chi connectivity index (χ2v) is 7.06. The summed E-state index contributed by atoms with van der Waals surface area (Å²) >= 11 is 12.5. The molecule has 0 unspecified atom stereocenters. The van der Waals surface area contributed by atoms with Gasteiger partial charge in [-0.25, -0.2) is 4.79 Å². The van der Waals surface area contributed by atoms with Crippen LogP contribution in [0.1, 0.15) is 31.4 Å². The number of ether oxygens (including phenoxy) is 1. The van der Waals surface area contributed by atoms with Gasteiger partial charge in [0.15, 0.2) is 0 Å². The molecule has 5 nitrogen and oxygen atoms in total. The highest BCUT2D eigenvalue weighted by Gasteiger charge is 2.25. The topological polar surface area (TPSA) is 44.8 Å². The average Bonchev–Trinajstić information content (AvgIpc) is 2.57. The van der Waals surface area contributed by atoms with E-state index in [-0.39, 0.29) is 18.1 Å². The molecule has 1 heterocycles. The van der Waals surface area contributed by atoms with Crippen molar-refractivity contribution in [3.63, 3.8) is 0 Å². The molecular weight excluding hydrogens is 349 g/mol. The fourth-order valence-corrected chi connectivity index (χ4v) is 3.52. The van der Waals surface area contributed by atoms with Gasteiger partial charge in [-0.1, -0.05) is 29.3 Å². The van der Waals surface area contributed by atoms with Gasteiger partial charge in [-0.2, -0.15) is 0 Å². The average molecular weight is 374 g/mol. The van der Waals surface area contributed by atoms with E-state index in [0.717, 1.165) is 31.5 Å². The minimum atomic E-state index is -0.248. The van der Waals surface area contributed by atoms with E-state index in [1.54, 1.807) is 18.1 Å². The predicted molar refractivity (Wildman–Crippen MR) is 98.2 cm³/mol. The molecule has 0 bridgehead atoms. The van der Waals surface area contributed by atoms with E-state index in [0.29, 0.717) is 15.8 Å². The van der Waals surface area contributed by atoms with Crippen LogP contribution in [0.2, 0.25) is 10.0 Å². The number of hydrogen-bond acceptors (Lipinski definition) is 3. The summed E-state index contributed by atoms with van der Waals surface area (Å²) in [7, 11) is 5.49. The first-order chi connectivity index (χ1) is 11.3. The van der Waals surface area contributed by atoms with Gasteiger partial charge in [0.05, 0.1) is 18.2 Å². The van der Waals surface area contributed by atoms with Crippen molar-refractivity contribution in [3.05, 3.63) is 27.7 Å². The number of piperidine rings is 1. The number of benzene rings is 1. The van der Waals surface area contributed by atoms with Crippen molar-refractivity contribution in [2.45, 2.75) is 31.8 Å². The van der Waals surface area contributed by atoms with Crippen LogP contribution in [-0.4, -0.2) is 56.2 Å². The second-order valence-electron chi connectivity index (χ2n) is 6.30. The Hall–Kier alpha value is -1.17. The molecule has 1 N–H and O–H groups in total. The SMILES string of the molecule is COc1ccc([C@@H](C)NC(=O)N(C)C2CCN(C)CC2)c(Cl)c1Cl. The van der Waals surface area contributed by atoms with E-state index in [2.05, 4.69) is 17.3 Å². The first-order valence-corrected chi connectivity index (χ1v) is 8.84. The van der Waals surface area contributed by atoms with Gasteiger partial charge < -0.3 is 19.9 Å². The van der Waals surface area contributed by atoms with E-state index in [1.165, 1.54) is 0 Å². The molecule has 1 atom stereocenters. The van der Waals surface area contributed by atoms with Gasteiger partial charge in [-0.3, -0.25) is 0 Å². The summed E-state index contributed by atoms with van der Waals surface area (Å²) < 4.78 is 5.15. The Labute approximate surface area is 153 Å². The molecule has 2 amide bonds. The third-order valence-corrected chi connectivity index (χ3v) is 5.54. The van der Waals surface area contributed by atoms with Crippen LogP contribution in [0.15, 0.2) is 12.1 Å². The number of rotatable bonds is 4. The number of urea groups is 1. The number of amides is 2. The standard InChI is InChI=1S/C17H25Cl2N3O2/c1-11(13-5-6-14(24-4)16(19)15(13)18)20-17(23)22(3)12-7-9-21(2)10-8-12/h5-6,11-12H,7-10H2,1-4H3,(H,20,23)/t11-/m1/s1. The molecule has 1 aliphatic heterocycles. The van der Waals surface area contributed by atoms with E-state index >= 15 is 0 Å². The lowest BCUT2D eigenvalue weighted by molar-refractivity contribution is 0.146. The Morgan fingerprint density at radius 1 is 1.33 bits per heavy atom. The molecular formula is C17H25Cl2N3O2. The van der Waals surface area contributed by atoms with E-state index in [9.17, 15) is 4.79 Å². The zero-order valence-electron chi connectivity index (χ0n) is 14.6. The number of methoxy groups -OCH3 is 1. The summed E-state index contributed by atoms with van der Waals surface area (Å²) in [5.41, 5.74) is 0.771. The molecule has 0 spiro atoms. The largest absolute Gasteiger partial charge is 0.495 e. The summed E-state index contributed by atoms with van der Waals surface area (Å²) in [5, 5.41) is 3.77. The summed E-state index contributed by atoms with van der Waals surface area (Å²) in [5.74, 6) is 0.521. The zero-order chi connectivity index (χ0) is 17.9. The Morgan fingerprint density at radius 2 is 1.96 bits per heavy atom. The lowest BCUT2D eigenvalue weighted by Crippen LogP contribution is -2.48. The van der Waals surface area contributed by atoms with Crippen LogP contribution < -0.4 is 10.1 Å². The molecule has 7 heteroatoms. The monoisotopic (exact) mass is 373 g/mol. The number of halogens is 2. The van der Waals surface area contributed by atoms with Gasteiger partial charge in [0.25, 0.3) is 0 Å². The molecule has 134 valence electrons. The van der Waals surface area contributed by atoms with Crippen LogP contribution in [0.4, 0.5) is 4.79 Å². The second kappa shape index (κ2) is 8.28. The normalized spacial score (nSPS) is 17.4. The Kier molecular flexibility index (Phi) is 6.61. The van der Waals surface area contributed by atoms with Gasteiger partial charge in [0.2, 0.25) is 0 Å². The summed E-state index contributed by atoms with van der Waals surface area (Å²) in [6.45, 7) is 3.92. The quantitative estimate of drug-likeness (QED) is 0.872. The van der Waals surface area contributed by atoms with Gasteiger partial charge in [0.1, 0.15) is 10.8 Å². The van der Waals surface area contributed by atoms with Gasteiger partial charge >= 0.3 is 6.03 Å². The first kappa shape index (κ1) is 19.2. The number of carbonyl (C=O) groups is 1. The fraction of sp³-hybridized carbons (Fsp3) is 0.588. The van der Waals surface area contributed by atoms with Gasteiger partial charge in [-0.05, 0) is 51.5 Å². The Bertz CT molecular complexity index is 589. The summed E-state index contributed by atoms with van der Waals surface area (Å²) in [4.78, 5) is 16.6. The summed E-state index contributed by atoms with van der Waals surface area (Å²) in [6, 6.07) is 3.51. The van der Waals surface area contributed by atoms with Crippen molar-refractivity contribution in [2.24, 2.45) is 0 Å². The van der Waals surface area contributed by atoms with Crippen molar-refractivity contribution in [1.29, 1.82) is 0 Å². The summed E-state index contributed by atoms with van der Waals surface area (Å²) in [6.07, 6.45) is 1.98. The maximum absolute atomic E-state index is 12.5. The maximum atomic E-state index is 12.5. The molecule has 1 aromatic rings. The van der Waals surface area contributed by atoms with Crippen molar-refractivity contribution < 1.29 is 9.53 Å². The third-order valence-electron chi connectivity index (χ3n) is 4.66. The number of carbonyl (C=O) groups excluding carboxylic acids is 1. The van der Waals surface area contributed by atoms with Crippen LogP contribution in [0, 0.1) is 0 Å². The lowest BCUT2D eigenvalue weighted by atomic mass is 10.0. The van der Waals surface area contributed by atoms with Crippen LogP contribution in [0.25, 0.3) is 0 Å². The van der Waals surface area contributed by atoms with Gasteiger partial charge in [-0.15, -0.1) is 0 Å². The Balaban J connectivity index is 2.02. The Morgan fingerprint density at radius 3 is 2.54 bits per heavy atom. The molecule has 24 heavy (non-hydrogen) atoms. The number of likely N-dealkylation sites (tertiary alicyclic amines) is 1. The molecule has 0 radical (unpaired) electrons. The van der Waals surface area contributed by atoms with E-state index in [4.69, 9.17) is 27.9 Å². The van der Waals surface area contributed by atoms with Crippen LogP contribution >= 0.6 is 23.2 Å². The molecule has 1 fully saturated rings. The predicted octanol–water partition coefficient (Wildman–Crippen LogP) is 3.80. The number of nitrogens with zero attached hydrogens (tertiary/aromatic N) is 2. The van der Waals surface area contributed by atoms with Crippen molar-refractivity contribution in [1.82, 2.24) is 15.1 Å². The van der Waals surface area contributed by atoms with Crippen molar-refractivity contribution in [2.75, 3.05) is 34.3 Å². The number of hydrogen-bond donors (Lipinski definition) is 1. The maximum Gasteiger partial charge on any atom is 0.317 e. The third kappa shape index (κ3) is 4.26. The lowest BCUT2D eigenvalue weighted by Gasteiger charge is -2.35. The van der Waals surface area contributed by atoms with E-state index < -0.39 is 0 Å². The highest BCUT2D eigenvalue weighted by molar-refractivity contribution is 6.43. The van der Waals surface area contributed by atoms with Crippen LogP contribution in [0.5, 0.6) is 5.75 Å². The fourth-order valence-electron chi connectivity index (χ4n) is 2.95. The molecule has 1 saturated heterocycles.